The molecule has 1 aliphatic heterocycles. The van der Waals surface area contributed by atoms with Crippen molar-refractivity contribution in [1.82, 2.24) is 0 Å². The number of fused-ring (bicyclic) bond motifs is 3. The van der Waals surface area contributed by atoms with Crippen LogP contribution in [0.4, 0.5) is 0 Å². The molecule has 232 valence electrons. The molecule has 1 aromatic carbocycles. The van der Waals surface area contributed by atoms with E-state index in [-0.39, 0.29) is 46.2 Å². The summed E-state index contributed by atoms with van der Waals surface area (Å²) in [5.74, 6) is -0.990. The number of benzene rings is 1. The Morgan fingerprint density at radius 2 is 1.49 bits per heavy atom. The first kappa shape index (κ1) is 28.0. The van der Waals surface area contributed by atoms with E-state index < -0.39 is 51.0 Å². The quantitative estimate of drug-likeness (QED) is 0.256. The van der Waals surface area contributed by atoms with Gasteiger partial charge < -0.3 is 14.2 Å². The first-order chi connectivity index (χ1) is 20.2. The van der Waals surface area contributed by atoms with Gasteiger partial charge in [-0.05, 0) is 104 Å². The molecule has 10 heteroatoms. The molecule has 7 aliphatic carbocycles. The topological polar surface area (TPSA) is 133 Å². The fourth-order valence-electron chi connectivity index (χ4n) is 11.3. The van der Waals surface area contributed by atoms with Crippen LogP contribution < -0.4 is 4.74 Å². The normalized spacial score (nSPS) is 42.9. The molecule has 0 spiro atoms. The summed E-state index contributed by atoms with van der Waals surface area (Å²) in [7, 11) is -4.53. The van der Waals surface area contributed by atoms with E-state index in [0.29, 0.717) is 35.3 Å². The molecular formula is C33H40O9S. The van der Waals surface area contributed by atoms with Gasteiger partial charge in [0.25, 0.3) is 10.1 Å². The lowest BCUT2D eigenvalue weighted by molar-refractivity contribution is -0.193. The Bertz CT molecular complexity index is 1500. The van der Waals surface area contributed by atoms with Crippen molar-refractivity contribution in [2.24, 2.45) is 52.3 Å². The van der Waals surface area contributed by atoms with E-state index in [1.807, 2.05) is 27.7 Å². The smallest absolute Gasteiger partial charge is 0.319 e. The van der Waals surface area contributed by atoms with Gasteiger partial charge in [0.05, 0.1) is 16.7 Å². The Balaban J connectivity index is 1.10. The van der Waals surface area contributed by atoms with E-state index in [0.717, 1.165) is 19.3 Å². The molecule has 6 bridgehead atoms. The van der Waals surface area contributed by atoms with E-state index in [4.69, 9.17) is 14.2 Å². The Kier molecular flexibility index (Phi) is 5.76. The van der Waals surface area contributed by atoms with Gasteiger partial charge in [-0.1, -0.05) is 27.7 Å². The van der Waals surface area contributed by atoms with Crippen molar-refractivity contribution in [3.63, 3.8) is 0 Å². The minimum absolute atomic E-state index is 0.0474. The number of hydrogen-bond acceptors (Lipinski definition) is 8. The molecule has 1 N–H and O–H groups in total. The molecule has 1 aromatic rings. The number of ether oxygens (including phenoxy) is 3. The van der Waals surface area contributed by atoms with Crippen molar-refractivity contribution in [1.29, 1.82) is 0 Å². The fourth-order valence-corrected chi connectivity index (χ4v) is 12.5. The second kappa shape index (κ2) is 8.83. The lowest BCUT2D eigenvalue weighted by atomic mass is 9.49. The zero-order valence-corrected chi connectivity index (χ0v) is 25.9. The molecule has 8 fully saturated rings. The predicted octanol–water partition coefficient (Wildman–Crippen LogP) is 5.02. The van der Waals surface area contributed by atoms with E-state index in [1.165, 1.54) is 31.4 Å². The van der Waals surface area contributed by atoms with Crippen molar-refractivity contribution in [3.8, 4) is 5.75 Å². The number of esters is 3. The van der Waals surface area contributed by atoms with E-state index in [9.17, 15) is 27.4 Å². The monoisotopic (exact) mass is 612 g/mol. The van der Waals surface area contributed by atoms with Crippen molar-refractivity contribution in [2.45, 2.75) is 102 Å². The number of carbonyl (C=O) groups is 3. The Morgan fingerprint density at radius 3 is 2.00 bits per heavy atom. The van der Waals surface area contributed by atoms with Crippen molar-refractivity contribution >= 4 is 28.0 Å². The van der Waals surface area contributed by atoms with Crippen LogP contribution in [0.1, 0.15) is 95.6 Å². The maximum Gasteiger partial charge on any atom is 0.319 e. The summed E-state index contributed by atoms with van der Waals surface area (Å²) in [4.78, 5) is 41.1. The number of hydrogen-bond donors (Lipinski definition) is 1. The zero-order valence-electron chi connectivity index (χ0n) is 25.1. The molecule has 7 saturated carbocycles. The van der Waals surface area contributed by atoms with E-state index in [2.05, 4.69) is 0 Å². The molecule has 9 nitrogen and oxygen atoms in total. The van der Waals surface area contributed by atoms with Crippen LogP contribution in [0.15, 0.2) is 17.0 Å². The highest BCUT2D eigenvalue weighted by molar-refractivity contribution is 7.86. The third-order valence-electron chi connectivity index (χ3n) is 12.5. The first-order valence-corrected chi connectivity index (χ1v) is 17.5. The highest BCUT2D eigenvalue weighted by Crippen LogP contribution is 2.81. The van der Waals surface area contributed by atoms with Gasteiger partial charge in [0.1, 0.15) is 22.9 Å². The summed E-state index contributed by atoms with van der Waals surface area (Å²) in [5.41, 5.74) is -0.849. The highest BCUT2D eigenvalue weighted by atomic mass is 32.2. The van der Waals surface area contributed by atoms with E-state index in [1.54, 1.807) is 0 Å². The van der Waals surface area contributed by atoms with Crippen molar-refractivity contribution in [3.05, 3.63) is 23.3 Å². The fraction of sp³-hybridized carbons (Fsp3) is 0.727. The first-order valence-electron chi connectivity index (χ1n) is 16.0. The summed E-state index contributed by atoms with van der Waals surface area (Å²) in [6.07, 6.45) is 5.71. The average Bonchev–Trinajstić information content (AvgIpc) is 3.39. The van der Waals surface area contributed by atoms with Gasteiger partial charge in [-0.25, -0.2) is 0 Å². The number of carbonyl (C=O) groups excluding carboxylic acids is 3. The maximum atomic E-state index is 14.2. The standard InChI is InChI=1S/C33H40O9S/c1-14(2)20-8-19(9-21(15(3)4)28(20)43(37,38)39)40-31(36)33-23-10-22-24(33)25(33)29(34)41-26(22)27(23)42-30(35)32-11-16-5-17(12-32)7-18(6-16)13-32/h8-9,14-18,22-27H,5-7,10-13H2,1-4H3,(H,37,38,39). The van der Waals surface area contributed by atoms with Crippen LogP contribution in [0.5, 0.6) is 5.75 Å². The molecular weight excluding hydrogens is 572 g/mol. The third kappa shape index (κ3) is 3.71. The zero-order chi connectivity index (χ0) is 30.4. The molecule has 0 radical (unpaired) electrons. The minimum Gasteiger partial charge on any atom is -0.458 e. The summed E-state index contributed by atoms with van der Waals surface area (Å²) in [6.45, 7) is 7.23. The molecule has 0 amide bonds. The van der Waals surface area contributed by atoms with Gasteiger partial charge in [-0.3, -0.25) is 18.9 Å². The van der Waals surface area contributed by atoms with Crippen molar-refractivity contribution in [2.75, 3.05) is 0 Å². The molecule has 7 unspecified atom stereocenters. The summed E-state index contributed by atoms with van der Waals surface area (Å²) in [5, 5.41) is 0. The molecule has 8 aliphatic rings. The predicted molar refractivity (Wildman–Crippen MR) is 151 cm³/mol. The molecule has 9 rings (SSSR count). The Labute approximate surface area is 252 Å². The van der Waals surface area contributed by atoms with Gasteiger partial charge >= 0.3 is 17.9 Å². The van der Waals surface area contributed by atoms with Crippen LogP contribution in [0, 0.1) is 52.3 Å². The lowest BCUT2D eigenvalue weighted by Crippen LogP contribution is -2.53. The van der Waals surface area contributed by atoms with Gasteiger partial charge in [-0.15, -0.1) is 0 Å². The maximum absolute atomic E-state index is 14.2. The summed E-state index contributed by atoms with van der Waals surface area (Å²) >= 11 is 0. The van der Waals surface area contributed by atoms with E-state index >= 15 is 0 Å². The van der Waals surface area contributed by atoms with Crippen LogP contribution in [-0.4, -0.2) is 43.1 Å². The average molecular weight is 613 g/mol. The van der Waals surface area contributed by atoms with Gasteiger partial charge in [-0.2, -0.15) is 8.42 Å². The SMILES string of the molecule is CC(C)c1cc(OC(=O)C23C4CC5C(OC(=O)C2C53)C4OC(=O)C23CC4CC(CC(C4)C2)C3)cc(C(C)C)c1S(=O)(=O)O. The molecule has 7 atom stereocenters. The molecule has 43 heavy (non-hydrogen) atoms. The molecule has 1 saturated heterocycles. The van der Waals surface area contributed by atoms with Gasteiger partial charge in [0.15, 0.2) is 0 Å². The van der Waals surface area contributed by atoms with Gasteiger partial charge in [0, 0.05) is 11.8 Å². The highest BCUT2D eigenvalue weighted by Gasteiger charge is 2.91. The lowest BCUT2D eigenvalue weighted by Gasteiger charge is -2.55. The molecule has 1 heterocycles. The van der Waals surface area contributed by atoms with Crippen molar-refractivity contribution < 1.29 is 41.6 Å². The summed E-state index contributed by atoms with van der Waals surface area (Å²) < 4.78 is 53.1. The van der Waals surface area contributed by atoms with Crippen LogP contribution in [0.3, 0.4) is 0 Å². The Morgan fingerprint density at radius 1 is 0.930 bits per heavy atom. The second-order valence-electron chi connectivity index (χ2n) is 15.5. The van der Waals surface area contributed by atoms with Crippen LogP contribution in [0.25, 0.3) is 0 Å². The minimum atomic E-state index is -4.53. The Hall–Kier alpha value is -2.46. The van der Waals surface area contributed by atoms with Crippen LogP contribution >= 0.6 is 0 Å². The number of rotatable bonds is 7. The van der Waals surface area contributed by atoms with Crippen LogP contribution in [0.2, 0.25) is 0 Å². The van der Waals surface area contributed by atoms with Gasteiger partial charge in [0.2, 0.25) is 0 Å². The largest absolute Gasteiger partial charge is 0.458 e. The summed E-state index contributed by atoms with van der Waals surface area (Å²) in [6, 6.07) is 3.00. The van der Waals surface area contributed by atoms with Crippen LogP contribution in [-0.2, 0) is 34.0 Å². The molecule has 0 aromatic heterocycles. The third-order valence-corrected chi connectivity index (χ3v) is 13.5. The second-order valence-corrected chi connectivity index (χ2v) is 16.9.